The van der Waals surface area contributed by atoms with Gasteiger partial charge in [-0.15, -0.1) is 0 Å². The van der Waals surface area contributed by atoms with Crippen molar-refractivity contribution in [1.82, 2.24) is 14.8 Å². The second-order valence-electron chi connectivity index (χ2n) is 7.71. The molecule has 2 aromatic heterocycles. The van der Waals surface area contributed by atoms with Gasteiger partial charge in [0.2, 0.25) is 6.41 Å². The number of hydrogen-bond donors (Lipinski definition) is 1. The normalized spacial score (nSPS) is 10.5. The van der Waals surface area contributed by atoms with Crippen molar-refractivity contribution in [3.05, 3.63) is 95.6 Å². The number of amides is 1. The van der Waals surface area contributed by atoms with Crippen LogP contribution >= 0.6 is 0 Å². The number of nitrogens with zero attached hydrogens (tertiary/aromatic N) is 5. The molecule has 34 heavy (non-hydrogen) atoms. The van der Waals surface area contributed by atoms with Crippen molar-refractivity contribution in [2.24, 2.45) is 7.05 Å². The van der Waals surface area contributed by atoms with E-state index < -0.39 is 0 Å². The molecule has 2 aromatic carbocycles. The summed E-state index contributed by atoms with van der Waals surface area (Å²) in [5.74, 6) is 0.214. The molecule has 1 N–H and O–H groups in total. The van der Waals surface area contributed by atoms with Gasteiger partial charge in [0.25, 0.3) is 0 Å². The Morgan fingerprint density at radius 2 is 2.00 bits per heavy atom. The van der Waals surface area contributed by atoms with Gasteiger partial charge in [0, 0.05) is 25.4 Å². The summed E-state index contributed by atoms with van der Waals surface area (Å²) in [6, 6.07) is 21.3. The summed E-state index contributed by atoms with van der Waals surface area (Å²) in [6.45, 7) is 0.791. The number of carbonyl (C=O) groups is 1. The Balaban J connectivity index is 1.67. The van der Waals surface area contributed by atoms with Crippen molar-refractivity contribution < 1.29 is 9.18 Å². The van der Waals surface area contributed by atoms with Crippen LogP contribution in [0.25, 0.3) is 11.3 Å². The molecule has 0 atom stereocenters. The number of pyridine rings is 1. The summed E-state index contributed by atoms with van der Waals surface area (Å²) in [6.07, 6.45) is 3.00. The van der Waals surface area contributed by atoms with Crippen LogP contribution in [0, 0.1) is 17.1 Å². The van der Waals surface area contributed by atoms with Gasteiger partial charge in [-0.05, 0) is 48.4 Å². The van der Waals surface area contributed by atoms with E-state index in [0.717, 1.165) is 17.7 Å². The van der Waals surface area contributed by atoms with E-state index in [-0.39, 0.29) is 5.82 Å². The van der Waals surface area contributed by atoms with Crippen LogP contribution in [-0.4, -0.2) is 27.7 Å². The number of nitrogens with one attached hydrogen (secondary N) is 1. The standard InChI is InChI=1S/C26H23FN6O/c1-32-22(12-14-30-32)17-33(18-34)25-10-9-24(23-8-3-2-6-20(23)16-28)31-26(25)29-13-11-19-5-4-7-21(27)15-19/h2-10,12,14-15,18H,11,13,17H2,1H3,(H,29,31). The Bertz CT molecular complexity index is 1340. The molecule has 0 saturated carbocycles. The van der Waals surface area contributed by atoms with Crippen LogP contribution in [0.5, 0.6) is 0 Å². The van der Waals surface area contributed by atoms with Crippen molar-refractivity contribution in [1.29, 1.82) is 5.26 Å². The zero-order valence-electron chi connectivity index (χ0n) is 18.6. The van der Waals surface area contributed by atoms with Crippen LogP contribution in [-0.2, 0) is 24.8 Å². The first kappa shape index (κ1) is 22.7. The second-order valence-corrected chi connectivity index (χ2v) is 7.71. The third kappa shape index (κ3) is 5.10. The lowest BCUT2D eigenvalue weighted by Crippen LogP contribution is -2.24. The molecule has 7 nitrogen and oxygen atoms in total. The van der Waals surface area contributed by atoms with Gasteiger partial charge in [-0.2, -0.15) is 10.4 Å². The third-order valence-corrected chi connectivity index (χ3v) is 5.48. The highest BCUT2D eigenvalue weighted by Crippen LogP contribution is 2.30. The molecule has 0 aliphatic heterocycles. The fraction of sp³-hybridized carbons (Fsp3) is 0.154. The van der Waals surface area contributed by atoms with E-state index in [1.807, 2.05) is 37.4 Å². The number of anilines is 2. The number of hydrogen-bond acceptors (Lipinski definition) is 5. The molecule has 170 valence electrons. The van der Waals surface area contributed by atoms with Gasteiger partial charge in [-0.3, -0.25) is 9.48 Å². The number of aryl methyl sites for hydroxylation is 1. The number of nitriles is 1. The first-order chi connectivity index (χ1) is 16.6. The first-order valence-electron chi connectivity index (χ1n) is 10.8. The van der Waals surface area contributed by atoms with Crippen molar-refractivity contribution in [2.45, 2.75) is 13.0 Å². The maximum absolute atomic E-state index is 13.5. The van der Waals surface area contributed by atoms with Gasteiger partial charge in [0.1, 0.15) is 5.82 Å². The van der Waals surface area contributed by atoms with Gasteiger partial charge >= 0.3 is 0 Å². The summed E-state index contributed by atoms with van der Waals surface area (Å²) in [5, 5.41) is 17.0. The molecule has 0 unspecified atom stereocenters. The Morgan fingerprint density at radius 1 is 1.15 bits per heavy atom. The number of aromatic nitrogens is 3. The predicted molar refractivity (Wildman–Crippen MR) is 128 cm³/mol. The van der Waals surface area contributed by atoms with E-state index in [0.29, 0.717) is 47.8 Å². The largest absolute Gasteiger partial charge is 0.368 e. The first-order valence-corrected chi connectivity index (χ1v) is 10.8. The maximum Gasteiger partial charge on any atom is 0.214 e. The summed E-state index contributed by atoms with van der Waals surface area (Å²) in [4.78, 5) is 18.4. The Kier molecular flexibility index (Phi) is 6.94. The number of rotatable bonds is 9. The highest BCUT2D eigenvalue weighted by molar-refractivity contribution is 5.83. The molecule has 0 spiro atoms. The van der Waals surface area contributed by atoms with Crippen molar-refractivity contribution >= 4 is 17.9 Å². The summed E-state index contributed by atoms with van der Waals surface area (Å²) in [5.41, 5.74) is 4.12. The minimum Gasteiger partial charge on any atom is -0.368 e. The number of carbonyl (C=O) groups excluding carboxylic acids is 1. The van der Waals surface area contributed by atoms with Gasteiger partial charge < -0.3 is 10.2 Å². The topological polar surface area (TPSA) is 86.8 Å². The fourth-order valence-corrected chi connectivity index (χ4v) is 3.70. The Morgan fingerprint density at radius 3 is 2.74 bits per heavy atom. The van der Waals surface area contributed by atoms with Crippen LogP contribution in [0.1, 0.15) is 16.8 Å². The van der Waals surface area contributed by atoms with Crippen molar-refractivity contribution in [3.63, 3.8) is 0 Å². The van der Waals surface area contributed by atoms with E-state index in [2.05, 4.69) is 16.5 Å². The molecule has 2 heterocycles. The molecule has 4 aromatic rings. The van der Waals surface area contributed by atoms with Gasteiger partial charge in [0.15, 0.2) is 5.82 Å². The smallest absolute Gasteiger partial charge is 0.214 e. The summed E-state index contributed by atoms with van der Waals surface area (Å²) < 4.78 is 15.3. The van der Waals surface area contributed by atoms with Gasteiger partial charge in [-0.1, -0.05) is 30.3 Å². The minimum atomic E-state index is -0.283. The van der Waals surface area contributed by atoms with E-state index in [1.165, 1.54) is 12.1 Å². The second kappa shape index (κ2) is 10.4. The van der Waals surface area contributed by atoms with E-state index in [4.69, 9.17) is 4.98 Å². The molecular weight excluding hydrogens is 431 g/mol. The quantitative estimate of drug-likeness (QED) is 0.381. The lowest BCUT2D eigenvalue weighted by atomic mass is 10.0. The SMILES string of the molecule is Cn1nccc1CN(C=O)c1ccc(-c2ccccc2C#N)nc1NCCc1cccc(F)c1. The molecule has 0 bridgehead atoms. The number of benzene rings is 2. The molecule has 1 amide bonds. The average Bonchev–Trinajstić information content (AvgIpc) is 3.27. The number of halogens is 1. The van der Waals surface area contributed by atoms with Crippen molar-refractivity contribution in [2.75, 3.05) is 16.8 Å². The molecule has 0 aliphatic rings. The molecule has 4 rings (SSSR count). The van der Waals surface area contributed by atoms with E-state index in [9.17, 15) is 14.4 Å². The molecule has 8 heteroatoms. The van der Waals surface area contributed by atoms with Crippen LogP contribution in [0.15, 0.2) is 72.9 Å². The van der Waals surface area contributed by atoms with E-state index >= 15 is 0 Å². The Hall–Kier alpha value is -4.51. The van der Waals surface area contributed by atoms with Crippen LogP contribution in [0.3, 0.4) is 0 Å². The fourth-order valence-electron chi connectivity index (χ4n) is 3.70. The van der Waals surface area contributed by atoms with Gasteiger partial charge in [-0.25, -0.2) is 9.37 Å². The third-order valence-electron chi connectivity index (χ3n) is 5.48. The predicted octanol–water partition coefficient (Wildman–Crippen LogP) is 4.31. The van der Waals surface area contributed by atoms with Crippen LogP contribution < -0.4 is 10.2 Å². The van der Waals surface area contributed by atoms with Crippen molar-refractivity contribution in [3.8, 4) is 17.3 Å². The molecular formula is C26H23FN6O. The monoisotopic (exact) mass is 454 g/mol. The zero-order valence-corrected chi connectivity index (χ0v) is 18.6. The van der Waals surface area contributed by atoms with Crippen LogP contribution in [0.4, 0.5) is 15.9 Å². The maximum atomic E-state index is 13.5. The average molecular weight is 455 g/mol. The summed E-state index contributed by atoms with van der Waals surface area (Å²) in [7, 11) is 1.82. The molecule has 0 radical (unpaired) electrons. The van der Waals surface area contributed by atoms with E-state index in [1.54, 1.807) is 40.0 Å². The highest BCUT2D eigenvalue weighted by Gasteiger charge is 2.16. The lowest BCUT2D eigenvalue weighted by Gasteiger charge is -2.22. The van der Waals surface area contributed by atoms with Gasteiger partial charge in [0.05, 0.1) is 35.3 Å². The lowest BCUT2D eigenvalue weighted by molar-refractivity contribution is -0.107. The zero-order chi connectivity index (χ0) is 23.9. The Labute approximate surface area is 197 Å². The van der Waals surface area contributed by atoms with Crippen LogP contribution in [0.2, 0.25) is 0 Å². The molecule has 0 fully saturated rings. The molecule has 0 aliphatic carbocycles. The highest BCUT2D eigenvalue weighted by atomic mass is 19.1. The minimum absolute atomic E-state index is 0.283. The molecule has 0 saturated heterocycles. The summed E-state index contributed by atoms with van der Waals surface area (Å²) >= 11 is 0.